The van der Waals surface area contributed by atoms with E-state index in [4.69, 9.17) is 9.84 Å². The SMILES string of the molecule is CCOC(=O)c1ccc(Sc2ccc(C(=O)O)cc2CC)cc1. The summed E-state index contributed by atoms with van der Waals surface area (Å²) in [6, 6.07) is 12.3. The van der Waals surface area contributed by atoms with Gasteiger partial charge >= 0.3 is 11.9 Å². The van der Waals surface area contributed by atoms with E-state index >= 15 is 0 Å². The van der Waals surface area contributed by atoms with E-state index in [-0.39, 0.29) is 5.97 Å². The van der Waals surface area contributed by atoms with Gasteiger partial charge in [-0.2, -0.15) is 0 Å². The number of hydrogen-bond acceptors (Lipinski definition) is 4. The molecule has 2 aromatic carbocycles. The smallest absolute Gasteiger partial charge is 0.338 e. The van der Waals surface area contributed by atoms with Crippen molar-refractivity contribution in [1.82, 2.24) is 0 Å². The number of carboxylic acid groups (broad SMARTS) is 1. The van der Waals surface area contributed by atoms with E-state index in [1.165, 1.54) is 0 Å². The van der Waals surface area contributed by atoms with Gasteiger partial charge in [0.05, 0.1) is 17.7 Å². The fourth-order valence-electron chi connectivity index (χ4n) is 2.09. The Bertz CT molecular complexity index is 707. The van der Waals surface area contributed by atoms with Crippen molar-refractivity contribution in [2.75, 3.05) is 6.61 Å². The zero-order chi connectivity index (χ0) is 16.8. The molecule has 0 aliphatic carbocycles. The molecule has 0 fully saturated rings. The van der Waals surface area contributed by atoms with E-state index < -0.39 is 5.97 Å². The Morgan fingerprint density at radius 1 is 1.04 bits per heavy atom. The van der Waals surface area contributed by atoms with Crippen LogP contribution in [0.2, 0.25) is 0 Å². The standard InChI is InChI=1S/C18H18O4S/c1-3-12-11-14(17(19)20)7-10-16(12)23-15-8-5-13(6-9-15)18(21)22-4-2/h5-11H,3-4H2,1-2H3,(H,19,20). The lowest BCUT2D eigenvalue weighted by Gasteiger charge is -2.09. The van der Waals surface area contributed by atoms with E-state index in [9.17, 15) is 9.59 Å². The Morgan fingerprint density at radius 2 is 1.70 bits per heavy atom. The van der Waals surface area contributed by atoms with Crippen LogP contribution in [0.1, 0.15) is 40.1 Å². The van der Waals surface area contributed by atoms with Gasteiger partial charge in [0.15, 0.2) is 0 Å². The summed E-state index contributed by atoms with van der Waals surface area (Å²) in [6.45, 7) is 4.12. The molecule has 1 N–H and O–H groups in total. The second-order valence-electron chi connectivity index (χ2n) is 4.83. The number of esters is 1. The minimum Gasteiger partial charge on any atom is -0.478 e. The maximum absolute atomic E-state index is 11.6. The highest BCUT2D eigenvalue weighted by Gasteiger charge is 2.10. The highest BCUT2D eigenvalue weighted by Crippen LogP contribution is 2.31. The normalized spacial score (nSPS) is 10.3. The quantitative estimate of drug-likeness (QED) is 0.801. The number of aromatic carboxylic acids is 1. The van der Waals surface area contributed by atoms with Crippen molar-refractivity contribution in [2.24, 2.45) is 0 Å². The van der Waals surface area contributed by atoms with Crippen LogP contribution in [0.15, 0.2) is 52.3 Å². The minimum atomic E-state index is -0.921. The van der Waals surface area contributed by atoms with Crippen LogP contribution in [0, 0.1) is 0 Å². The monoisotopic (exact) mass is 330 g/mol. The van der Waals surface area contributed by atoms with Crippen LogP contribution < -0.4 is 0 Å². The summed E-state index contributed by atoms with van der Waals surface area (Å²) in [4.78, 5) is 24.7. The number of ether oxygens (including phenoxy) is 1. The number of carboxylic acids is 1. The molecular weight excluding hydrogens is 312 g/mol. The largest absolute Gasteiger partial charge is 0.478 e. The molecule has 23 heavy (non-hydrogen) atoms. The number of benzene rings is 2. The van der Waals surface area contributed by atoms with Gasteiger partial charge in [0.25, 0.3) is 0 Å². The molecule has 0 radical (unpaired) electrons. The van der Waals surface area contributed by atoms with Crippen molar-refractivity contribution in [1.29, 1.82) is 0 Å². The van der Waals surface area contributed by atoms with Crippen LogP contribution in [0.4, 0.5) is 0 Å². The second-order valence-corrected chi connectivity index (χ2v) is 5.94. The Hall–Kier alpha value is -2.27. The fraction of sp³-hybridized carbons (Fsp3) is 0.222. The van der Waals surface area contributed by atoms with Crippen molar-refractivity contribution in [2.45, 2.75) is 30.1 Å². The van der Waals surface area contributed by atoms with Crippen LogP contribution in [-0.4, -0.2) is 23.7 Å². The van der Waals surface area contributed by atoms with Gasteiger partial charge in [-0.05, 0) is 61.4 Å². The molecule has 0 aliphatic rings. The third kappa shape index (κ3) is 4.36. The van der Waals surface area contributed by atoms with Crippen molar-refractivity contribution < 1.29 is 19.4 Å². The average Bonchev–Trinajstić information content (AvgIpc) is 2.56. The van der Waals surface area contributed by atoms with Gasteiger partial charge in [0.2, 0.25) is 0 Å². The van der Waals surface area contributed by atoms with Crippen molar-refractivity contribution in [3.63, 3.8) is 0 Å². The molecule has 0 saturated heterocycles. The number of carbonyl (C=O) groups excluding carboxylic acids is 1. The molecular formula is C18H18O4S. The summed E-state index contributed by atoms with van der Waals surface area (Å²) in [6.07, 6.45) is 0.754. The zero-order valence-corrected chi connectivity index (χ0v) is 13.9. The predicted molar refractivity (Wildman–Crippen MR) is 89.3 cm³/mol. The number of carbonyl (C=O) groups is 2. The predicted octanol–water partition coefficient (Wildman–Crippen LogP) is 4.28. The van der Waals surface area contributed by atoms with Gasteiger partial charge in [0.1, 0.15) is 0 Å². The molecule has 2 rings (SSSR count). The lowest BCUT2D eigenvalue weighted by molar-refractivity contribution is 0.0525. The summed E-state index contributed by atoms with van der Waals surface area (Å²) >= 11 is 1.55. The number of rotatable bonds is 6. The molecule has 0 heterocycles. The van der Waals surface area contributed by atoms with Gasteiger partial charge in [-0.1, -0.05) is 18.7 Å². The number of hydrogen-bond donors (Lipinski definition) is 1. The fourth-order valence-corrected chi connectivity index (χ4v) is 3.09. The first-order valence-corrected chi connectivity index (χ1v) is 8.18. The van der Waals surface area contributed by atoms with Crippen molar-refractivity contribution in [3.8, 4) is 0 Å². The van der Waals surface area contributed by atoms with Crippen LogP contribution in [-0.2, 0) is 11.2 Å². The molecule has 0 amide bonds. The van der Waals surface area contributed by atoms with Gasteiger partial charge in [-0.3, -0.25) is 0 Å². The zero-order valence-electron chi connectivity index (χ0n) is 13.0. The Morgan fingerprint density at radius 3 is 2.26 bits per heavy atom. The van der Waals surface area contributed by atoms with Gasteiger partial charge in [-0.15, -0.1) is 0 Å². The van der Waals surface area contributed by atoms with Crippen molar-refractivity contribution in [3.05, 3.63) is 59.2 Å². The van der Waals surface area contributed by atoms with Gasteiger partial charge in [-0.25, -0.2) is 9.59 Å². The Labute approximate surface area is 139 Å². The van der Waals surface area contributed by atoms with E-state index in [2.05, 4.69) is 0 Å². The van der Waals surface area contributed by atoms with Crippen molar-refractivity contribution >= 4 is 23.7 Å². The third-order valence-corrected chi connectivity index (χ3v) is 4.41. The summed E-state index contributed by atoms with van der Waals surface area (Å²) < 4.78 is 4.96. The van der Waals surface area contributed by atoms with E-state index in [0.717, 1.165) is 21.8 Å². The lowest BCUT2D eigenvalue weighted by atomic mass is 10.1. The second kappa shape index (κ2) is 7.83. The lowest BCUT2D eigenvalue weighted by Crippen LogP contribution is -2.03. The maximum Gasteiger partial charge on any atom is 0.338 e. The molecule has 5 heteroatoms. The maximum atomic E-state index is 11.6. The molecule has 0 bridgehead atoms. The molecule has 0 spiro atoms. The number of aryl methyl sites for hydroxylation is 1. The van der Waals surface area contributed by atoms with E-state index in [0.29, 0.717) is 17.7 Å². The summed E-state index contributed by atoms with van der Waals surface area (Å²) in [5.74, 6) is -1.25. The molecule has 120 valence electrons. The average molecular weight is 330 g/mol. The molecule has 2 aromatic rings. The van der Waals surface area contributed by atoms with Gasteiger partial charge < -0.3 is 9.84 Å². The highest BCUT2D eigenvalue weighted by molar-refractivity contribution is 7.99. The molecule has 0 aliphatic heterocycles. The van der Waals surface area contributed by atoms with Crippen LogP contribution in [0.5, 0.6) is 0 Å². The third-order valence-electron chi connectivity index (χ3n) is 3.28. The molecule has 4 nitrogen and oxygen atoms in total. The van der Waals surface area contributed by atoms with E-state index in [1.54, 1.807) is 43.0 Å². The first-order valence-electron chi connectivity index (χ1n) is 7.36. The van der Waals surface area contributed by atoms with Crippen LogP contribution >= 0.6 is 11.8 Å². The summed E-state index contributed by atoms with van der Waals surface area (Å²) in [5, 5.41) is 9.06. The van der Waals surface area contributed by atoms with Crippen LogP contribution in [0.25, 0.3) is 0 Å². The molecule has 0 unspecified atom stereocenters. The summed E-state index contributed by atoms with van der Waals surface area (Å²) in [5.41, 5.74) is 1.81. The minimum absolute atomic E-state index is 0.295. The van der Waals surface area contributed by atoms with E-state index in [1.807, 2.05) is 25.1 Å². The first kappa shape index (κ1) is 17.1. The summed E-state index contributed by atoms with van der Waals surface area (Å²) in [7, 11) is 0. The van der Waals surface area contributed by atoms with Crippen LogP contribution in [0.3, 0.4) is 0 Å². The Kier molecular flexibility index (Phi) is 5.82. The molecule has 0 saturated carbocycles. The molecule has 0 atom stereocenters. The highest BCUT2D eigenvalue weighted by atomic mass is 32.2. The van der Waals surface area contributed by atoms with Gasteiger partial charge in [0, 0.05) is 9.79 Å². The Balaban J connectivity index is 2.19. The topological polar surface area (TPSA) is 63.6 Å². The first-order chi connectivity index (χ1) is 11.0. The molecule has 0 aromatic heterocycles.